The van der Waals surface area contributed by atoms with Crippen molar-refractivity contribution in [2.75, 3.05) is 0 Å². The molecule has 0 heterocycles. The van der Waals surface area contributed by atoms with Gasteiger partial charge in [-0.15, -0.1) is 0 Å². The highest BCUT2D eigenvalue weighted by Gasteiger charge is 2.08. The summed E-state index contributed by atoms with van der Waals surface area (Å²) < 4.78 is 0. The van der Waals surface area contributed by atoms with Gasteiger partial charge in [0.05, 0.1) is 11.1 Å². The first-order chi connectivity index (χ1) is 18.1. The molecule has 2 N–H and O–H groups in total. The van der Waals surface area contributed by atoms with Crippen molar-refractivity contribution in [2.45, 2.75) is 19.6 Å². The van der Waals surface area contributed by atoms with E-state index < -0.39 is 22.4 Å². The summed E-state index contributed by atoms with van der Waals surface area (Å²) in [4.78, 5) is 47.1. The lowest BCUT2D eigenvalue weighted by atomic mass is 10.2. The number of benzene rings is 4. The van der Waals surface area contributed by atoms with Crippen molar-refractivity contribution in [3.8, 4) is 0 Å². The lowest BCUT2D eigenvalue weighted by Gasteiger charge is -2.04. The number of aromatic carboxylic acids is 2. The topological polar surface area (TPSA) is 109 Å². The van der Waals surface area contributed by atoms with Crippen LogP contribution in [0.15, 0.2) is 117 Å². The summed E-state index contributed by atoms with van der Waals surface area (Å²) >= 11 is 13.6. The van der Waals surface area contributed by atoms with Gasteiger partial charge in [0.2, 0.25) is 0 Å². The molecule has 0 amide bonds. The molecule has 0 aromatic heterocycles. The molecule has 10 heteroatoms. The van der Waals surface area contributed by atoms with Gasteiger partial charge in [-0.3, -0.25) is 9.59 Å². The molecule has 0 aliphatic rings. The minimum Gasteiger partial charge on any atom is -0.478 e. The number of carbonyl (C=O) groups excluding carboxylic acids is 2. The van der Waals surface area contributed by atoms with Crippen LogP contribution < -0.4 is 0 Å². The Labute approximate surface area is 236 Å². The van der Waals surface area contributed by atoms with Crippen LogP contribution in [0.4, 0.5) is 0 Å². The normalized spacial score (nSPS) is 10.2. The summed E-state index contributed by atoms with van der Waals surface area (Å²) in [6.07, 6.45) is 0. The van der Waals surface area contributed by atoms with E-state index in [4.69, 9.17) is 33.4 Å². The molecule has 38 heavy (non-hydrogen) atoms. The summed E-state index contributed by atoms with van der Waals surface area (Å²) in [5.74, 6) is -1.97. The van der Waals surface area contributed by atoms with Crippen LogP contribution in [0.3, 0.4) is 0 Å². The summed E-state index contributed by atoms with van der Waals surface area (Å²) in [6.45, 7) is 0. The molecule has 0 saturated heterocycles. The number of carboxylic acids is 2. The van der Waals surface area contributed by atoms with E-state index >= 15 is 0 Å². The second kappa shape index (κ2) is 13.8. The van der Waals surface area contributed by atoms with E-state index in [1.807, 2.05) is 12.1 Å². The molecule has 4 aromatic rings. The Hall–Kier alpha value is -3.56. The van der Waals surface area contributed by atoms with Crippen molar-refractivity contribution in [3.63, 3.8) is 0 Å². The Morgan fingerprint density at radius 3 is 1.00 bits per heavy atom. The first-order valence-electron chi connectivity index (χ1n) is 10.7. The molecule has 0 radical (unpaired) electrons. The Balaban J connectivity index is 0.000000211. The molecule has 4 aromatic carbocycles. The molecule has 0 spiro atoms. The minimum absolute atomic E-state index is 0.208. The van der Waals surface area contributed by atoms with Gasteiger partial charge >= 0.3 is 11.9 Å². The number of carboxylic acid groups (broad SMARTS) is 2. The standard InChI is InChI=1S/C14H8Cl2O2S.C14H10O4S/c15-13(17)9-3-1-5-11(7-9)19-12-6-2-4-10(8-12)14(16)18;15-13(16)9-3-1-5-11(7-9)19-12-6-2-4-10(8-12)14(17)18/h1-8H;1-8H,(H,15,16)(H,17,18). The lowest BCUT2D eigenvalue weighted by Crippen LogP contribution is -1.96. The summed E-state index contributed by atoms with van der Waals surface area (Å²) in [6, 6.07) is 27.0. The van der Waals surface area contributed by atoms with E-state index in [1.165, 1.54) is 35.7 Å². The van der Waals surface area contributed by atoms with Crippen LogP contribution in [0, 0.1) is 0 Å². The average Bonchev–Trinajstić information content (AvgIpc) is 2.89. The van der Waals surface area contributed by atoms with Crippen LogP contribution in [0.2, 0.25) is 0 Å². The van der Waals surface area contributed by atoms with Gasteiger partial charge in [0.15, 0.2) is 0 Å². The maximum absolute atomic E-state index is 11.1. The van der Waals surface area contributed by atoms with Gasteiger partial charge in [0.25, 0.3) is 10.5 Å². The number of carbonyl (C=O) groups is 4. The monoisotopic (exact) mass is 584 g/mol. The zero-order chi connectivity index (χ0) is 27.7. The predicted octanol–water partition coefficient (Wildman–Crippen LogP) is 7.83. The molecule has 0 bridgehead atoms. The fourth-order valence-corrected chi connectivity index (χ4v) is 5.13. The van der Waals surface area contributed by atoms with Crippen molar-refractivity contribution in [3.05, 3.63) is 119 Å². The highest BCUT2D eigenvalue weighted by Crippen LogP contribution is 2.30. The van der Waals surface area contributed by atoms with Crippen LogP contribution >= 0.6 is 46.7 Å². The van der Waals surface area contributed by atoms with Crippen LogP contribution in [0.1, 0.15) is 41.4 Å². The summed E-state index contributed by atoms with van der Waals surface area (Å²) in [7, 11) is 0. The molecular weight excluding hydrogens is 567 g/mol. The molecule has 0 saturated carbocycles. The third kappa shape index (κ3) is 8.78. The number of rotatable bonds is 8. The van der Waals surface area contributed by atoms with Gasteiger partial charge < -0.3 is 10.2 Å². The SMILES string of the molecule is O=C(Cl)c1cccc(Sc2cccc(C(=O)Cl)c2)c1.O=C(O)c1cccc(Sc2cccc(C(=O)O)c2)c1. The molecule has 6 nitrogen and oxygen atoms in total. The minimum atomic E-state index is -0.985. The predicted molar refractivity (Wildman–Crippen MR) is 148 cm³/mol. The summed E-state index contributed by atoms with van der Waals surface area (Å²) in [5, 5.41) is 16.8. The van der Waals surface area contributed by atoms with Gasteiger partial charge in [-0.05, 0) is 83.9 Å². The second-order valence-electron chi connectivity index (χ2n) is 7.47. The number of halogens is 2. The number of hydrogen-bond acceptors (Lipinski definition) is 6. The fraction of sp³-hybridized carbons (Fsp3) is 0. The van der Waals surface area contributed by atoms with E-state index in [2.05, 4.69) is 0 Å². The van der Waals surface area contributed by atoms with Gasteiger partial charge in [-0.25, -0.2) is 9.59 Å². The quantitative estimate of drug-likeness (QED) is 0.202. The smallest absolute Gasteiger partial charge is 0.335 e. The number of hydrogen-bond donors (Lipinski definition) is 2. The van der Waals surface area contributed by atoms with Crippen LogP contribution in [-0.4, -0.2) is 32.6 Å². The fourth-order valence-electron chi connectivity index (χ4n) is 3.02. The summed E-state index contributed by atoms with van der Waals surface area (Å²) in [5.41, 5.74) is 1.30. The van der Waals surface area contributed by atoms with E-state index in [-0.39, 0.29) is 11.1 Å². The maximum atomic E-state index is 11.1. The van der Waals surface area contributed by atoms with Crippen molar-refractivity contribution in [2.24, 2.45) is 0 Å². The van der Waals surface area contributed by atoms with E-state index in [9.17, 15) is 19.2 Å². The van der Waals surface area contributed by atoms with Crippen molar-refractivity contribution >= 4 is 69.1 Å². The molecule has 0 fully saturated rings. The average molecular weight is 585 g/mol. The molecule has 0 aliphatic carbocycles. The zero-order valence-electron chi connectivity index (χ0n) is 19.3. The Kier molecular flexibility index (Phi) is 10.6. The molecule has 0 unspecified atom stereocenters. The molecule has 4 rings (SSSR count). The second-order valence-corrected chi connectivity index (χ2v) is 10.5. The Morgan fingerprint density at radius 2 is 0.737 bits per heavy atom. The molecule has 192 valence electrons. The molecular formula is C28H18Cl2O6S2. The van der Waals surface area contributed by atoms with Crippen molar-refractivity contribution in [1.29, 1.82) is 0 Å². The highest BCUT2D eigenvalue weighted by atomic mass is 35.5. The molecule has 0 aliphatic heterocycles. The van der Waals surface area contributed by atoms with Crippen molar-refractivity contribution in [1.82, 2.24) is 0 Å². The lowest BCUT2D eigenvalue weighted by molar-refractivity contribution is 0.0686. The maximum Gasteiger partial charge on any atom is 0.335 e. The van der Waals surface area contributed by atoms with Crippen LogP contribution in [-0.2, 0) is 0 Å². The highest BCUT2D eigenvalue weighted by molar-refractivity contribution is 7.99. The zero-order valence-corrected chi connectivity index (χ0v) is 22.5. The van der Waals surface area contributed by atoms with Gasteiger partial charge in [-0.2, -0.15) is 0 Å². The van der Waals surface area contributed by atoms with E-state index in [0.717, 1.165) is 19.6 Å². The Morgan fingerprint density at radius 1 is 0.474 bits per heavy atom. The van der Waals surface area contributed by atoms with E-state index in [1.54, 1.807) is 72.8 Å². The molecule has 0 atom stereocenters. The van der Waals surface area contributed by atoms with E-state index in [0.29, 0.717) is 11.1 Å². The first-order valence-corrected chi connectivity index (χ1v) is 13.1. The third-order valence-corrected chi connectivity index (χ3v) is 7.15. The largest absolute Gasteiger partial charge is 0.478 e. The van der Waals surface area contributed by atoms with Crippen LogP contribution in [0.25, 0.3) is 0 Å². The van der Waals surface area contributed by atoms with Crippen molar-refractivity contribution < 1.29 is 29.4 Å². The van der Waals surface area contributed by atoms with Crippen LogP contribution in [0.5, 0.6) is 0 Å². The van der Waals surface area contributed by atoms with Gasteiger partial charge in [0, 0.05) is 30.7 Å². The van der Waals surface area contributed by atoms with Gasteiger partial charge in [0.1, 0.15) is 0 Å². The Bertz CT molecular complexity index is 1280. The third-order valence-electron chi connectivity index (χ3n) is 4.76. The van der Waals surface area contributed by atoms with Gasteiger partial charge in [-0.1, -0.05) is 59.9 Å². The first kappa shape index (κ1) is 29.0.